The topological polar surface area (TPSA) is 26.0 Å². The monoisotopic (exact) mass is 259 g/mol. The van der Waals surface area contributed by atoms with Gasteiger partial charge in [0.2, 0.25) is 0 Å². The first-order chi connectivity index (χ1) is 9.18. The smallest absolute Gasteiger partial charge is 0.0221 e. The van der Waals surface area contributed by atoms with E-state index in [1.807, 2.05) is 0 Å². The summed E-state index contributed by atoms with van der Waals surface area (Å²) in [5.74, 6) is 1.61. The number of hydrogen-bond acceptors (Lipinski definition) is 1. The molecule has 0 aromatic heterocycles. The van der Waals surface area contributed by atoms with Crippen molar-refractivity contribution in [1.82, 2.24) is 0 Å². The first-order valence-corrected chi connectivity index (χ1v) is 8.00. The van der Waals surface area contributed by atoms with Gasteiger partial charge in [0.1, 0.15) is 0 Å². The molecule has 0 saturated heterocycles. The third kappa shape index (κ3) is 3.60. The van der Waals surface area contributed by atoms with Gasteiger partial charge in [0, 0.05) is 5.54 Å². The highest BCUT2D eigenvalue weighted by atomic mass is 14.8. The molecule has 2 N–H and O–H groups in total. The predicted molar refractivity (Wildman–Crippen MR) is 83.1 cm³/mol. The normalized spacial score (nSPS) is 26.9. The zero-order valence-corrected chi connectivity index (χ0v) is 12.6. The molecule has 3 unspecified atom stereocenters. The quantitative estimate of drug-likeness (QED) is 0.824. The Morgan fingerprint density at radius 3 is 2.53 bits per heavy atom. The molecule has 1 aliphatic rings. The zero-order chi connectivity index (χ0) is 13.7. The van der Waals surface area contributed by atoms with Crippen LogP contribution in [0.25, 0.3) is 0 Å². The molecule has 3 atom stereocenters. The van der Waals surface area contributed by atoms with E-state index >= 15 is 0 Å². The first-order valence-electron chi connectivity index (χ1n) is 8.00. The van der Waals surface area contributed by atoms with E-state index in [2.05, 4.69) is 44.2 Å². The van der Waals surface area contributed by atoms with Crippen LogP contribution in [0, 0.1) is 11.8 Å². The van der Waals surface area contributed by atoms with E-state index in [-0.39, 0.29) is 5.54 Å². The van der Waals surface area contributed by atoms with Gasteiger partial charge in [0.05, 0.1) is 0 Å². The van der Waals surface area contributed by atoms with Crippen molar-refractivity contribution < 1.29 is 0 Å². The minimum absolute atomic E-state index is 0.00477. The number of nitrogens with two attached hydrogens (primary N) is 1. The molecule has 0 radical (unpaired) electrons. The Balaban J connectivity index is 2.08. The van der Waals surface area contributed by atoms with Crippen LogP contribution in [0.5, 0.6) is 0 Å². The Bertz CT molecular complexity index is 373. The van der Waals surface area contributed by atoms with Gasteiger partial charge in [0.25, 0.3) is 0 Å². The fourth-order valence-corrected chi connectivity index (χ4v) is 3.72. The van der Waals surface area contributed by atoms with Crippen molar-refractivity contribution in [2.45, 2.75) is 64.3 Å². The average molecular weight is 259 g/mol. The maximum absolute atomic E-state index is 6.82. The van der Waals surface area contributed by atoms with Crippen molar-refractivity contribution in [2.75, 3.05) is 0 Å². The van der Waals surface area contributed by atoms with Gasteiger partial charge in [-0.2, -0.15) is 0 Å². The van der Waals surface area contributed by atoms with Crippen LogP contribution < -0.4 is 5.73 Å². The molecule has 0 aliphatic heterocycles. The summed E-state index contributed by atoms with van der Waals surface area (Å²) in [6.45, 7) is 4.59. The lowest BCUT2D eigenvalue weighted by Crippen LogP contribution is -2.50. The van der Waals surface area contributed by atoms with E-state index in [1.165, 1.54) is 37.7 Å². The largest absolute Gasteiger partial charge is 0.325 e. The van der Waals surface area contributed by atoms with Crippen molar-refractivity contribution in [3.63, 3.8) is 0 Å². The molecule has 19 heavy (non-hydrogen) atoms. The fourth-order valence-electron chi connectivity index (χ4n) is 3.72. The number of benzene rings is 1. The number of hydrogen-bond donors (Lipinski definition) is 1. The van der Waals surface area contributed by atoms with Crippen molar-refractivity contribution in [3.8, 4) is 0 Å². The molecule has 1 aromatic rings. The van der Waals surface area contributed by atoms with Gasteiger partial charge in [-0.05, 0) is 43.1 Å². The van der Waals surface area contributed by atoms with E-state index < -0.39 is 0 Å². The van der Waals surface area contributed by atoms with Crippen molar-refractivity contribution >= 4 is 0 Å². The molecular formula is C18H29N. The summed E-state index contributed by atoms with van der Waals surface area (Å²) >= 11 is 0. The third-order valence-corrected chi connectivity index (χ3v) is 5.21. The summed E-state index contributed by atoms with van der Waals surface area (Å²) in [5, 5.41) is 0. The Labute approximate surface area is 118 Å². The first kappa shape index (κ1) is 14.6. The second-order valence-electron chi connectivity index (χ2n) is 6.39. The number of rotatable bonds is 5. The Morgan fingerprint density at radius 1 is 1.16 bits per heavy atom. The maximum atomic E-state index is 6.82. The van der Waals surface area contributed by atoms with E-state index in [9.17, 15) is 0 Å². The molecule has 106 valence electrons. The van der Waals surface area contributed by atoms with Crippen LogP contribution in [0.1, 0.15) is 57.9 Å². The van der Waals surface area contributed by atoms with E-state index in [1.54, 1.807) is 0 Å². The van der Waals surface area contributed by atoms with E-state index in [4.69, 9.17) is 5.73 Å². The van der Waals surface area contributed by atoms with Crippen LogP contribution in [0.3, 0.4) is 0 Å². The van der Waals surface area contributed by atoms with Crippen molar-refractivity contribution in [1.29, 1.82) is 0 Å². The van der Waals surface area contributed by atoms with Crippen molar-refractivity contribution in [3.05, 3.63) is 35.9 Å². The average Bonchev–Trinajstić information content (AvgIpc) is 2.48. The fraction of sp³-hybridized carbons (Fsp3) is 0.667. The summed E-state index contributed by atoms with van der Waals surface area (Å²) in [6.07, 6.45) is 8.90. The molecule has 1 nitrogen and oxygen atoms in total. The van der Waals surface area contributed by atoms with Gasteiger partial charge >= 0.3 is 0 Å². The van der Waals surface area contributed by atoms with Gasteiger partial charge in [-0.15, -0.1) is 0 Å². The Hall–Kier alpha value is -0.820. The summed E-state index contributed by atoms with van der Waals surface area (Å²) in [5.41, 5.74) is 8.21. The Kier molecular flexibility index (Phi) is 5.04. The molecule has 1 aliphatic carbocycles. The zero-order valence-electron chi connectivity index (χ0n) is 12.6. The summed E-state index contributed by atoms with van der Waals surface area (Å²) in [7, 11) is 0. The van der Waals surface area contributed by atoms with E-state index in [0.717, 1.165) is 18.8 Å². The highest BCUT2D eigenvalue weighted by Crippen LogP contribution is 2.39. The molecule has 0 amide bonds. The molecule has 1 heteroatoms. The molecule has 0 heterocycles. The molecule has 0 bridgehead atoms. The third-order valence-electron chi connectivity index (χ3n) is 5.21. The molecular weight excluding hydrogens is 230 g/mol. The molecule has 1 fully saturated rings. The maximum Gasteiger partial charge on any atom is 0.0221 e. The van der Waals surface area contributed by atoms with Gasteiger partial charge in [-0.3, -0.25) is 0 Å². The second-order valence-corrected chi connectivity index (χ2v) is 6.39. The van der Waals surface area contributed by atoms with Crippen LogP contribution in [-0.2, 0) is 6.42 Å². The lowest BCUT2D eigenvalue weighted by molar-refractivity contribution is 0.156. The SMILES string of the molecule is CCC1CCCC(C(N)(CC)Cc2ccccc2)C1. The van der Waals surface area contributed by atoms with E-state index in [0.29, 0.717) is 5.92 Å². The Morgan fingerprint density at radius 2 is 1.89 bits per heavy atom. The minimum Gasteiger partial charge on any atom is -0.325 e. The van der Waals surface area contributed by atoms with Gasteiger partial charge in [0.15, 0.2) is 0 Å². The lowest BCUT2D eigenvalue weighted by Gasteiger charge is -2.42. The predicted octanol–water partition coefficient (Wildman–Crippen LogP) is 4.55. The van der Waals surface area contributed by atoms with Gasteiger partial charge in [-0.25, -0.2) is 0 Å². The highest BCUT2D eigenvalue weighted by Gasteiger charge is 2.36. The van der Waals surface area contributed by atoms with Crippen LogP contribution in [0.15, 0.2) is 30.3 Å². The molecule has 0 spiro atoms. The summed E-state index contributed by atoms with van der Waals surface area (Å²) in [4.78, 5) is 0. The van der Waals surface area contributed by atoms with Crippen LogP contribution in [0.4, 0.5) is 0 Å². The standard InChI is InChI=1S/C18H29N/c1-3-15-11-8-12-17(13-15)18(19,4-2)14-16-9-6-5-7-10-16/h5-7,9-10,15,17H,3-4,8,11-14,19H2,1-2H3. The van der Waals surface area contributed by atoms with Crippen LogP contribution in [-0.4, -0.2) is 5.54 Å². The molecule has 2 rings (SSSR count). The second kappa shape index (κ2) is 6.56. The minimum atomic E-state index is -0.00477. The van der Waals surface area contributed by atoms with Gasteiger partial charge < -0.3 is 5.73 Å². The van der Waals surface area contributed by atoms with Crippen LogP contribution >= 0.6 is 0 Å². The van der Waals surface area contributed by atoms with Crippen molar-refractivity contribution in [2.24, 2.45) is 17.6 Å². The molecule has 1 aromatic carbocycles. The van der Waals surface area contributed by atoms with Crippen LogP contribution in [0.2, 0.25) is 0 Å². The molecule has 1 saturated carbocycles. The summed E-state index contributed by atoms with van der Waals surface area (Å²) < 4.78 is 0. The van der Waals surface area contributed by atoms with Gasteiger partial charge in [-0.1, -0.05) is 63.4 Å². The summed E-state index contributed by atoms with van der Waals surface area (Å²) in [6, 6.07) is 10.8. The highest BCUT2D eigenvalue weighted by molar-refractivity contribution is 5.18. The lowest BCUT2D eigenvalue weighted by atomic mass is 9.68.